The number of benzene rings is 1. The summed E-state index contributed by atoms with van der Waals surface area (Å²) in [6.45, 7) is 2.74. The predicted molar refractivity (Wildman–Crippen MR) is 77.5 cm³/mol. The molecule has 0 atom stereocenters. The molecule has 0 amide bonds. The maximum absolute atomic E-state index is 5.90. The third kappa shape index (κ3) is 2.68. The number of fused-ring (bicyclic) bond motifs is 1. The first-order valence-electron chi connectivity index (χ1n) is 6.52. The lowest BCUT2D eigenvalue weighted by Gasteiger charge is -2.22. The third-order valence-corrected chi connectivity index (χ3v) is 4.26. The molecule has 0 saturated heterocycles. The van der Waals surface area contributed by atoms with Crippen molar-refractivity contribution in [3.05, 3.63) is 27.7 Å². The van der Waals surface area contributed by atoms with Crippen LogP contribution in [0.4, 0.5) is 0 Å². The van der Waals surface area contributed by atoms with Crippen molar-refractivity contribution in [2.45, 2.75) is 31.8 Å². The van der Waals surface area contributed by atoms with Gasteiger partial charge >= 0.3 is 0 Å². The van der Waals surface area contributed by atoms with Crippen molar-refractivity contribution in [2.75, 3.05) is 19.0 Å². The van der Waals surface area contributed by atoms with Gasteiger partial charge < -0.3 is 4.74 Å². The molecule has 0 N–H and O–H groups in total. The Kier molecular flexibility index (Phi) is 3.83. The van der Waals surface area contributed by atoms with Gasteiger partial charge in [0.05, 0.1) is 6.61 Å². The fourth-order valence-electron chi connectivity index (χ4n) is 2.62. The average Bonchev–Trinajstić information content (AvgIpc) is 3.07. The summed E-state index contributed by atoms with van der Waals surface area (Å²) >= 11 is 9.50. The fourth-order valence-corrected chi connectivity index (χ4v) is 3.39. The molecule has 4 heteroatoms. The number of rotatable bonds is 5. The molecule has 1 aliphatic heterocycles. The highest BCUT2D eigenvalue weighted by atomic mass is 79.9. The molecule has 1 fully saturated rings. The zero-order chi connectivity index (χ0) is 12.5. The predicted octanol–water partition coefficient (Wildman–Crippen LogP) is 3.59. The monoisotopic (exact) mass is 329 g/mol. The zero-order valence-corrected chi connectivity index (χ0v) is 12.6. The molecule has 1 aromatic carbocycles. The molecule has 0 spiro atoms. The van der Waals surface area contributed by atoms with Crippen LogP contribution in [0, 0.1) is 0 Å². The van der Waals surface area contributed by atoms with Gasteiger partial charge in [0.1, 0.15) is 5.75 Å². The number of nitrogens with zero attached hydrogens (tertiary/aromatic N) is 1. The molecule has 1 aromatic rings. The van der Waals surface area contributed by atoms with Crippen molar-refractivity contribution >= 4 is 27.5 Å². The topological polar surface area (TPSA) is 12.5 Å². The van der Waals surface area contributed by atoms with Crippen LogP contribution in [0.1, 0.15) is 24.0 Å². The standard InChI is InChI=1S/C14H17BrClNO/c15-12-7-10-3-6-18-14(10)11(8-12)9-17(5-4-16)13-1-2-13/h7-8,13H,1-6,9H2. The molecular weight excluding hydrogens is 314 g/mol. The summed E-state index contributed by atoms with van der Waals surface area (Å²) in [5.41, 5.74) is 2.63. The Morgan fingerprint density at radius 2 is 2.22 bits per heavy atom. The van der Waals surface area contributed by atoms with Gasteiger partial charge in [0.25, 0.3) is 0 Å². The third-order valence-electron chi connectivity index (χ3n) is 3.63. The van der Waals surface area contributed by atoms with E-state index < -0.39 is 0 Å². The molecule has 1 heterocycles. The SMILES string of the molecule is ClCCN(Cc1cc(Br)cc2c1OCC2)C1CC1. The van der Waals surface area contributed by atoms with Crippen LogP contribution in [-0.2, 0) is 13.0 Å². The second kappa shape index (κ2) is 5.40. The van der Waals surface area contributed by atoms with E-state index in [2.05, 4.69) is 33.0 Å². The average molecular weight is 331 g/mol. The zero-order valence-electron chi connectivity index (χ0n) is 10.3. The van der Waals surface area contributed by atoms with Crippen LogP contribution >= 0.6 is 27.5 Å². The van der Waals surface area contributed by atoms with Crippen molar-refractivity contribution in [1.82, 2.24) is 4.90 Å². The fraction of sp³-hybridized carbons (Fsp3) is 0.571. The van der Waals surface area contributed by atoms with Gasteiger partial charge in [0.2, 0.25) is 0 Å². The summed E-state index contributed by atoms with van der Waals surface area (Å²) in [5.74, 6) is 1.81. The Morgan fingerprint density at radius 1 is 1.39 bits per heavy atom. The summed E-state index contributed by atoms with van der Waals surface area (Å²) in [7, 11) is 0. The number of alkyl halides is 1. The van der Waals surface area contributed by atoms with Crippen LogP contribution in [-0.4, -0.2) is 30.0 Å². The number of hydrogen-bond acceptors (Lipinski definition) is 2. The van der Waals surface area contributed by atoms with E-state index in [9.17, 15) is 0 Å². The number of hydrogen-bond donors (Lipinski definition) is 0. The highest BCUT2D eigenvalue weighted by molar-refractivity contribution is 9.10. The van der Waals surface area contributed by atoms with Crippen molar-refractivity contribution in [2.24, 2.45) is 0 Å². The van der Waals surface area contributed by atoms with Gasteiger partial charge in [-0.15, -0.1) is 11.6 Å². The molecule has 98 valence electrons. The summed E-state index contributed by atoms with van der Waals surface area (Å²) in [4.78, 5) is 2.48. The van der Waals surface area contributed by atoms with Crippen LogP contribution in [0.25, 0.3) is 0 Å². The molecule has 3 rings (SSSR count). The molecule has 2 nitrogen and oxygen atoms in total. The lowest BCUT2D eigenvalue weighted by Crippen LogP contribution is -2.27. The number of halogens is 2. The highest BCUT2D eigenvalue weighted by Crippen LogP contribution is 2.36. The largest absolute Gasteiger partial charge is 0.493 e. The van der Waals surface area contributed by atoms with E-state index in [0.717, 1.165) is 42.4 Å². The van der Waals surface area contributed by atoms with Crippen molar-refractivity contribution < 1.29 is 4.74 Å². The molecule has 0 aromatic heterocycles. The highest BCUT2D eigenvalue weighted by Gasteiger charge is 2.29. The molecule has 2 aliphatic rings. The molecule has 1 aliphatic carbocycles. The minimum Gasteiger partial charge on any atom is -0.493 e. The summed E-state index contributed by atoms with van der Waals surface area (Å²) in [6, 6.07) is 5.10. The maximum Gasteiger partial charge on any atom is 0.127 e. The van der Waals surface area contributed by atoms with Gasteiger partial charge in [-0.1, -0.05) is 15.9 Å². The van der Waals surface area contributed by atoms with E-state index in [1.54, 1.807) is 0 Å². The molecular formula is C14H17BrClNO. The van der Waals surface area contributed by atoms with E-state index in [1.165, 1.54) is 24.0 Å². The number of ether oxygens (including phenoxy) is 1. The van der Waals surface area contributed by atoms with Crippen LogP contribution in [0.15, 0.2) is 16.6 Å². The van der Waals surface area contributed by atoms with E-state index in [4.69, 9.17) is 16.3 Å². The van der Waals surface area contributed by atoms with Crippen LogP contribution in [0.5, 0.6) is 5.75 Å². The summed E-state index contributed by atoms with van der Waals surface area (Å²) in [6.07, 6.45) is 3.66. The van der Waals surface area contributed by atoms with Crippen LogP contribution in [0.3, 0.4) is 0 Å². The Hall–Kier alpha value is -0.250. The molecule has 0 bridgehead atoms. The smallest absolute Gasteiger partial charge is 0.127 e. The van der Waals surface area contributed by atoms with E-state index in [0.29, 0.717) is 5.88 Å². The first-order chi connectivity index (χ1) is 8.78. The van der Waals surface area contributed by atoms with Gasteiger partial charge in [-0.3, -0.25) is 4.90 Å². The van der Waals surface area contributed by atoms with Gasteiger partial charge in [-0.2, -0.15) is 0 Å². The van der Waals surface area contributed by atoms with Crippen molar-refractivity contribution in [1.29, 1.82) is 0 Å². The Bertz CT molecular complexity index is 448. The van der Waals surface area contributed by atoms with Gasteiger partial charge in [0, 0.05) is 41.5 Å². The van der Waals surface area contributed by atoms with Gasteiger partial charge in [-0.05, 0) is 30.5 Å². The minimum absolute atomic E-state index is 0.702. The molecule has 18 heavy (non-hydrogen) atoms. The Morgan fingerprint density at radius 3 is 2.94 bits per heavy atom. The van der Waals surface area contributed by atoms with E-state index >= 15 is 0 Å². The first kappa shape index (κ1) is 12.8. The van der Waals surface area contributed by atoms with E-state index in [1.807, 2.05) is 0 Å². The van der Waals surface area contributed by atoms with Crippen LogP contribution in [0.2, 0.25) is 0 Å². The lowest BCUT2D eigenvalue weighted by atomic mass is 10.1. The normalized spacial score (nSPS) is 17.9. The second-order valence-corrected chi connectivity index (χ2v) is 6.34. The minimum atomic E-state index is 0.702. The Labute approximate surface area is 121 Å². The molecule has 1 saturated carbocycles. The summed E-state index contributed by atoms with van der Waals surface area (Å²) < 4.78 is 6.94. The van der Waals surface area contributed by atoms with Crippen LogP contribution < -0.4 is 4.74 Å². The van der Waals surface area contributed by atoms with Gasteiger partial charge in [0.15, 0.2) is 0 Å². The van der Waals surface area contributed by atoms with E-state index in [-0.39, 0.29) is 0 Å². The van der Waals surface area contributed by atoms with Crippen molar-refractivity contribution in [3.63, 3.8) is 0 Å². The quantitative estimate of drug-likeness (QED) is 0.765. The molecule has 0 radical (unpaired) electrons. The maximum atomic E-state index is 5.90. The lowest BCUT2D eigenvalue weighted by molar-refractivity contribution is 0.264. The second-order valence-electron chi connectivity index (χ2n) is 5.04. The van der Waals surface area contributed by atoms with Gasteiger partial charge in [-0.25, -0.2) is 0 Å². The summed E-state index contributed by atoms with van der Waals surface area (Å²) in [5, 5.41) is 0. The Balaban J connectivity index is 1.82. The first-order valence-corrected chi connectivity index (χ1v) is 7.85. The van der Waals surface area contributed by atoms with Crippen molar-refractivity contribution in [3.8, 4) is 5.75 Å². The molecule has 0 unspecified atom stereocenters.